The highest BCUT2D eigenvalue weighted by Crippen LogP contribution is 2.38. The maximum Gasteiger partial charge on any atom is 0.280 e. The second-order valence-corrected chi connectivity index (χ2v) is 9.44. The minimum absolute atomic E-state index is 0.127. The summed E-state index contributed by atoms with van der Waals surface area (Å²) in [5.41, 5.74) is 3.58. The minimum Gasteiger partial charge on any atom is -0.490 e. The van der Waals surface area contributed by atoms with Crippen LogP contribution in [-0.4, -0.2) is 38.1 Å². The van der Waals surface area contributed by atoms with Crippen LogP contribution < -0.4 is 15.0 Å². The molecule has 0 aliphatic rings. The molecular formula is C33H28N4O4. The number of hydrogen-bond acceptors (Lipinski definition) is 7. The van der Waals surface area contributed by atoms with E-state index in [1.165, 1.54) is 4.68 Å². The third-order valence-electron chi connectivity index (χ3n) is 6.87. The van der Waals surface area contributed by atoms with E-state index in [1.54, 1.807) is 24.7 Å². The molecule has 6 aromatic rings. The second-order valence-electron chi connectivity index (χ2n) is 9.44. The monoisotopic (exact) mass is 544 g/mol. The molecule has 0 saturated carbocycles. The Labute approximate surface area is 236 Å². The zero-order valence-corrected chi connectivity index (χ0v) is 22.7. The number of rotatable bonds is 8. The second kappa shape index (κ2) is 11.2. The van der Waals surface area contributed by atoms with Gasteiger partial charge in [-0.2, -0.15) is 9.78 Å². The summed E-state index contributed by atoms with van der Waals surface area (Å²) in [5, 5.41) is 17.9. The first-order chi connectivity index (χ1) is 20.1. The average molecular weight is 545 g/mol. The highest BCUT2D eigenvalue weighted by Gasteiger charge is 2.17. The predicted octanol–water partition coefficient (Wildman–Crippen LogP) is 5.95. The molecule has 0 atom stereocenters. The Morgan fingerprint density at radius 3 is 2.32 bits per heavy atom. The molecule has 0 bridgehead atoms. The molecule has 1 N–H and O–H groups in total. The van der Waals surface area contributed by atoms with E-state index in [9.17, 15) is 9.90 Å². The van der Waals surface area contributed by atoms with E-state index in [2.05, 4.69) is 9.97 Å². The van der Waals surface area contributed by atoms with Crippen LogP contribution in [0.15, 0.2) is 96.2 Å². The summed E-state index contributed by atoms with van der Waals surface area (Å²) in [4.78, 5) is 22.5. The zero-order chi connectivity index (χ0) is 28.3. The SMILES string of the molecule is CCOc1cc2cc(CO)cc(-c3ccnc(-n4nc(-c5cccnc5)c5ccccc5c4=O)c3)c2cc1OCC. The zero-order valence-electron chi connectivity index (χ0n) is 22.7. The molecule has 0 fully saturated rings. The molecule has 41 heavy (non-hydrogen) atoms. The molecule has 0 aliphatic carbocycles. The van der Waals surface area contributed by atoms with Crippen molar-refractivity contribution in [2.45, 2.75) is 20.5 Å². The van der Waals surface area contributed by atoms with Crippen LogP contribution in [0, 0.1) is 0 Å². The van der Waals surface area contributed by atoms with Gasteiger partial charge in [-0.1, -0.05) is 18.2 Å². The Hall–Kier alpha value is -5.08. The van der Waals surface area contributed by atoms with Gasteiger partial charge in [-0.25, -0.2) is 4.98 Å². The molecule has 0 unspecified atom stereocenters. The van der Waals surface area contributed by atoms with Gasteiger partial charge < -0.3 is 14.6 Å². The maximum atomic E-state index is 13.7. The van der Waals surface area contributed by atoms with Crippen molar-refractivity contribution in [1.29, 1.82) is 0 Å². The van der Waals surface area contributed by atoms with Crippen molar-refractivity contribution in [3.8, 4) is 39.7 Å². The Morgan fingerprint density at radius 2 is 1.59 bits per heavy atom. The lowest BCUT2D eigenvalue weighted by molar-refractivity contribution is 0.282. The van der Waals surface area contributed by atoms with Crippen molar-refractivity contribution in [2.24, 2.45) is 0 Å². The summed E-state index contributed by atoms with van der Waals surface area (Å²) in [6.45, 7) is 4.72. The van der Waals surface area contributed by atoms with E-state index < -0.39 is 0 Å². The standard InChI is InChI=1S/C33H28N4O4/c1-3-40-29-16-24-14-21(20-38)15-27(28(24)18-30(29)41-4-2)22-11-13-35-31(17-22)37-33(39)26-10-6-5-9-25(26)32(36-37)23-8-7-12-34-19-23/h5-19,38H,3-4,20H2,1-2H3. The number of fused-ring (bicyclic) bond motifs is 2. The molecule has 3 aromatic carbocycles. The summed E-state index contributed by atoms with van der Waals surface area (Å²) in [7, 11) is 0. The molecule has 0 aliphatic heterocycles. The smallest absolute Gasteiger partial charge is 0.280 e. The fourth-order valence-corrected chi connectivity index (χ4v) is 5.06. The van der Waals surface area contributed by atoms with E-state index >= 15 is 0 Å². The first kappa shape index (κ1) is 26.2. The fourth-order valence-electron chi connectivity index (χ4n) is 5.06. The number of nitrogens with zero attached hydrogens (tertiary/aromatic N) is 4. The molecule has 0 spiro atoms. The number of pyridine rings is 2. The first-order valence-corrected chi connectivity index (χ1v) is 13.5. The van der Waals surface area contributed by atoms with Crippen LogP contribution in [0.4, 0.5) is 0 Å². The lowest BCUT2D eigenvalue weighted by Gasteiger charge is -2.16. The van der Waals surface area contributed by atoms with Gasteiger partial charge in [0.15, 0.2) is 17.3 Å². The van der Waals surface area contributed by atoms with E-state index in [4.69, 9.17) is 14.6 Å². The molecule has 8 nitrogen and oxygen atoms in total. The van der Waals surface area contributed by atoms with Gasteiger partial charge in [0.1, 0.15) is 5.69 Å². The number of aromatic nitrogens is 4. The van der Waals surface area contributed by atoms with Crippen molar-refractivity contribution in [3.63, 3.8) is 0 Å². The summed E-state index contributed by atoms with van der Waals surface area (Å²) >= 11 is 0. The number of ether oxygens (including phenoxy) is 2. The van der Waals surface area contributed by atoms with Crippen LogP contribution in [0.3, 0.4) is 0 Å². The molecular weight excluding hydrogens is 516 g/mol. The quantitative estimate of drug-likeness (QED) is 0.253. The van der Waals surface area contributed by atoms with Gasteiger partial charge in [-0.3, -0.25) is 9.78 Å². The van der Waals surface area contributed by atoms with Crippen LogP contribution in [0.25, 0.3) is 49.7 Å². The van der Waals surface area contributed by atoms with E-state index in [0.717, 1.165) is 38.4 Å². The van der Waals surface area contributed by atoms with Crippen LogP contribution in [0.5, 0.6) is 11.5 Å². The van der Waals surface area contributed by atoms with Gasteiger partial charge >= 0.3 is 0 Å². The minimum atomic E-state index is -0.271. The van der Waals surface area contributed by atoms with Gasteiger partial charge in [0.05, 0.1) is 25.2 Å². The van der Waals surface area contributed by atoms with Crippen LogP contribution in [0.2, 0.25) is 0 Å². The van der Waals surface area contributed by atoms with Crippen LogP contribution in [0.1, 0.15) is 19.4 Å². The van der Waals surface area contributed by atoms with Crippen molar-refractivity contribution in [1.82, 2.24) is 19.7 Å². The molecule has 0 saturated heterocycles. The Morgan fingerprint density at radius 1 is 0.805 bits per heavy atom. The molecule has 3 heterocycles. The number of aliphatic hydroxyl groups excluding tert-OH is 1. The van der Waals surface area contributed by atoms with Gasteiger partial charge in [0.2, 0.25) is 0 Å². The van der Waals surface area contributed by atoms with Crippen LogP contribution in [-0.2, 0) is 6.61 Å². The third kappa shape index (κ3) is 4.90. The Balaban J connectivity index is 1.57. The van der Waals surface area contributed by atoms with Crippen molar-refractivity contribution in [2.75, 3.05) is 13.2 Å². The highest BCUT2D eigenvalue weighted by atomic mass is 16.5. The van der Waals surface area contributed by atoms with Gasteiger partial charge in [-0.05, 0) is 95.9 Å². The maximum absolute atomic E-state index is 13.7. The molecule has 3 aromatic heterocycles. The normalized spacial score (nSPS) is 11.2. The summed E-state index contributed by atoms with van der Waals surface area (Å²) in [6, 6.07) is 22.7. The number of aliphatic hydroxyl groups is 1. The highest BCUT2D eigenvalue weighted by molar-refractivity contribution is 5.99. The van der Waals surface area contributed by atoms with Crippen molar-refractivity contribution in [3.05, 3.63) is 107 Å². The molecule has 6 rings (SSSR count). The van der Waals surface area contributed by atoms with Crippen molar-refractivity contribution < 1.29 is 14.6 Å². The van der Waals surface area contributed by atoms with Crippen molar-refractivity contribution >= 4 is 21.5 Å². The fraction of sp³-hybridized carbons (Fsp3) is 0.152. The summed E-state index contributed by atoms with van der Waals surface area (Å²) in [6.07, 6.45) is 5.09. The van der Waals surface area contributed by atoms with E-state index in [-0.39, 0.29) is 12.2 Å². The topological polar surface area (TPSA) is 99.4 Å². The van der Waals surface area contributed by atoms with Gasteiger partial charge in [-0.15, -0.1) is 0 Å². The van der Waals surface area contributed by atoms with Gasteiger partial charge in [0, 0.05) is 29.5 Å². The molecule has 0 radical (unpaired) electrons. The third-order valence-corrected chi connectivity index (χ3v) is 6.87. The molecule has 0 amide bonds. The Bertz CT molecular complexity index is 1940. The lowest BCUT2D eigenvalue weighted by atomic mass is 9.95. The summed E-state index contributed by atoms with van der Waals surface area (Å²) in [5.74, 6) is 1.66. The molecule has 8 heteroatoms. The summed E-state index contributed by atoms with van der Waals surface area (Å²) < 4.78 is 13.1. The Kier molecular flexibility index (Phi) is 7.14. The lowest BCUT2D eigenvalue weighted by Crippen LogP contribution is -2.23. The number of hydrogen-bond donors (Lipinski definition) is 1. The van der Waals surface area contributed by atoms with E-state index in [1.807, 2.05) is 80.6 Å². The molecule has 204 valence electrons. The van der Waals surface area contributed by atoms with E-state index in [0.29, 0.717) is 41.6 Å². The first-order valence-electron chi connectivity index (χ1n) is 13.5. The average Bonchev–Trinajstić information content (AvgIpc) is 3.02. The largest absolute Gasteiger partial charge is 0.490 e. The van der Waals surface area contributed by atoms with Crippen LogP contribution >= 0.6 is 0 Å². The number of benzene rings is 3. The predicted molar refractivity (Wildman–Crippen MR) is 160 cm³/mol. The van der Waals surface area contributed by atoms with Gasteiger partial charge in [0.25, 0.3) is 5.56 Å².